The zero-order chi connectivity index (χ0) is 26.2. The molecule has 1 aromatic heterocycles. The Morgan fingerprint density at radius 3 is 2.39 bits per heavy atom. The Labute approximate surface area is 223 Å². The predicted molar refractivity (Wildman–Crippen MR) is 153 cm³/mol. The van der Waals surface area contributed by atoms with E-state index in [2.05, 4.69) is 10.6 Å². The number of carbonyl (C=O) groups is 1. The summed E-state index contributed by atoms with van der Waals surface area (Å²) >= 11 is 7.69. The quantitative estimate of drug-likeness (QED) is 0.171. The molecule has 0 unspecified atom stereocenters. The first-order valence-electron chi connectivity index (χ1n) is 12.5. The second kappa shape index (κ2) is 13.1. The Balaban J connectivity index is 1.81. The minimum absolute atomic E-state index is 0.0643. The Bertz CT molecular complexity index is 1120. The van der Waals surface area contributed by atoms with Crippen molar-refractivity contribution < 1.29 is 4.79 Å². The Morgan fingerprint density at radius 2 is 1.75 bits per heavy atom. The van der Waals surface area contributed by atoms with Gasteiger partial charge in [-0.05, 0) is 64.9 Å². The lowest BCUT2D eigenvalue weighted by atomic mass is 9.99. The summed E-state index contributed by atoms with van der Waals surface area (Å²) < 4.78 is 0. The third kappa shape index (κ3) is 6.81. The van der Waals surface area contributed by atoms with Crippen molar-refractivity contribution in [1.82, 2.24) is 10.6 Å². The van der Waals surface area contributed by atoms with Crippen molar-refractivity contribution in [2.75, 3.05) is 25.0 Å². The van der Waals surface area contributed by atoms with Crippen LogP contribution in [-0.2, 0) is 4.79 Å². The maximum atomic E-state index is 12.9. The molecule has 1 aromatic carbocycles. The predicted octanol–water partition coefficient (Wildman–Crippen LogP) is 5.69. The third-order valence-electron chi connectivity index (χ3n) is 6.41. The number of benzene rings is 1. The van der Waals surface area contributed by atoms with E-state index in [-0.39, 0.29) is 24.0 Å². The van der Waals surface area contributed by atoms with Crippen molar-refractivity contribution >= 4 is 51.2 Å². The fraction of sp³-hybridized carbons (Fsp3) is 0.481. The molecule has 194 valence electrons. The van der Waals surface area contributed by atoms with Crippen LogP contribution in [0.5, 0.6) is 0 Å². The number of hydrogen-bond donors (Lipinski definition) is 4. The van der Waals surface area contributed by atoms with Gasteiger partial charge >= 0.3 is 0 Å². The highest BCUT2D eigenvalue weighted by Gasteiger charge is 2.34. The number of amidine groups is 2. The van der Waals surface area contributed by atoms with E-state index >= 15 is 0 Å². The molecule has 0 aliphatic carbocycles. The van der Waals surface area contributed by atoms with Gasteiger partial charge in [0.2, 0.25) is 5.91 Å². The molecule has 2 heterocycles. The number of nitrogens with one attached hydrogen (secondary N) is 4. The van der Waals surface area contributed by atoms with Crippen LogP contribution in [0.15, 0.2) is 29.3 Å². The number of carbonyl (C=O) groups excluding carboxylic acids is 1. The topological polar surface area (TPSA) is 104 Å². The first-order chi connectivity index (χ1) is 17.2. The maximum absolute atomic E-state index is 12.9. The lowest BCUT2D eigenvalue weighted by Gasteiger charge is -2.24. The van der Waals surface area contributed by atoms with Crippen LogP contribution in [0.3, 0.4) is 0 Å². The average Bonchev–Trinajstić information content (AvgIpc) is 3.05. The molecule has 36 heavy (non-hydrogen) atoms. The summed E-state index contributed by atoms with van der Waals surface area (Å²) in [7, 11) is 1.97. The molecule has 1 amide bonds. The number of amides is 1. The zero-order valence-electron chi connectivity index (χ0n) is 21.6. The molecule has 9 heteroatoms. The van der Waals surface area contributed by atoms with Crippen molar-refractivity contribution in [2.45, 2.75) is 65.3 Å². The Morgan fingerprint density at radius 1 is 1.11 bits per heavy atom. The summed E-state index contributed by atoms with van der Waals surface area (Å²) in [6.07, 6.45) is 5.62. The molecule has 0 spiro atoms. The van der Waals surface area contributed by atoms with Crippen molar-refractivity contribution in [3.63, 3.8) is 0 Å². The monoisotopic (exact) mass is 528 g/mol. The first kappa shape index (κ1) is 28.0. The van der Waals surface area contributed by atoms with E-state index in [4.69, 9.17) is 27.4 Å². The van der Waals surface area contributed by atoms with E-state index in [9.17, 15) is 4.79 Å². The molecule has 3 rings (SSSR count). The van der Waals surface area contributed by atoms with Gasteiger partial charge in [0.15, 0.2) is 0 Å². The van der Waals surface area contributed by atoms with Crippen LogP contribution in [-0.4, -0.2) is 49.5 Å². The van der Waals surface area contributed by atoms with E-state index in [1.165, 1.54) is 12.8 Å². The third-order valence-corrected chi connectivity index (χ3v) is 7.85. The number of anilines is 1. The van der Waals surface area contributed by atoms with E-state index in [1.54, 1.807) is 23.2 Å². The van der Waals surface area contributed by atoms with Gasteiger partial charge in [0.25, 0.3) is 0 Å². The maximum Gasteiger partial charge on any atom is 0.222 e. The number of rotatable bonds is 11. The standard InChI is InChI=1S/C27H37ClN6OS/c1-17-18(2)36-27-24(17)25(20-10-12-21(28)13-11-20)33-22(26(30)34(27)19(3)29)16-23(35)32-15-9-7-5-6-8-14-31-4/h10-13,22,29-31H,5-9,14-16H2,1-4H3,(H,32,35)/t22-/m0/s1. The summed E-state index contributed by atoms with van der Waals surface area (Å²) in [5, 5.41) is 25.0. The first-order valence-corrected chi connectivity index (χ1v) is 13.7. The summed E-state index contributed by atoms with van der Waals surface area (Å²) in [6.45, 7) is 7.42. The van der Waals surface area contributed by atoms with Gasteiger partial charge in [0.05, 0.1) is 12.1 Å². The summed E-state index contributed by atoms with van der Waals surface area (Å²) in [4.78, 5) is 20.6. The van der Waals surface area contributed by atoms with E-state index in [0.717, 1.165) is 58.1 Å². The number of aliphatic imine (C=N–C) groups is 1. The van der Waals surface area contributed by atoms with E-state index in [0.29, 0.717) is 11.6 Å². The second-order valence-electron chi connectivity index (χ2n) is 9.20. The Kier molecular flexibility index (Phi) is 10.2. The molecular weight excluding hydrogens is 492 g/mol. The van der Waals surface area contributed by atoms with Crippen LogP contribution in [0, 0.1) is 24.7 Å². The zero-order valence-corrected chi connectivity index (χ0v) is 23.2. The highest BCUT2D eigenvalue weighted by Crippen LogP contribution is 2.40. The van der Waals surface area contributed by atoms with Crippen LogP contribution in [0.4, 0.5) is 5.00 Å². The number of unbranched alkanes of at least 4 members (excludes halogenated alkanes) is 4. The molecule has 1 atom stereocenters. The van der Waals surface area contributed by atoms with Crippen LogP contribution >= 0.6 is 22.9 Å². The molecule has 7 nitrogen and oxygen atoms in total. The van der Waals surface area contributed by atoms with Crippen molar-refractivity contribution in [3.8, 4) is 0 Å². The molecule has 0 radical (unpaired) electrons. The van der Waals surface area contributed by atoms with Gasteiger partial charge in [0, 0.05) is 27.6 Å². The molecule has 1 aliphatic rings. The van der Waals surface area contributed by atoms with Gasteiger partial charge < -0.3 is 10.6 Å². The largest absolute Gasteiger partial charge is 0.356 e. The van der Waals surface area contributed by atoms with Gasteiger partial charge in [0.1, 0.15) is 22.7 Å². The lowest BCUT2D eigenvalue weighted by Crippen LogP contribution is -2.42. The van der Waals surface area contributed by atoms with Gasteiger partial charge in [-0.3, -0.25) is 25.5 Å². The second-order valence-corrected chi connectivity index (χ2v) is 10.8. The van der Waals surface area contributed by atoms with Crippen molar-refractivity contribution in [1.29, 1.82) is 10.8 Å². The normalized spacial score (nSPS) is 15.4. The Hall–Kier alpha value is -2.55. The highest BCUT2D eigenvalue weighted by atomic mass is 35.5. The lowest BCUT2D eigenvalue weighted by molar-refractivity contribution is -0.121. The smallest absolute Gasteiger partial charge is 0.222 e. The molecule has 1 aliphatic heterocycles. The minimum atomic E-state index is -0.697. The number of nitrogens with zero attached hydrogens (tertiary/aromatic N) is 2. The van der Waals surface area contributed by atoms with Gasteiger partial charge in [-0.1, -0.05) is 43.0 Å². The number of fused-ring (bicyclic) bond motifs is 1. The minimum Gasteiger partial charge on any atom is -0.356 e. The number of halogens is 1. The van der Waals surface area contributed by atoms with E-state index in [1.807, 2.05) is 45.2 Å². The van der Waals surface area contributed by atoms with Crippen LogP contribution in [0.2, 0.25) is 5.02 Å². The van der Waals surface area contributed by atoms with Crippen LogP contribution < -0.4 is 15.5 Å². The highest BCUT2D eigenvalue weighted by molar-refractivity contribution is 7.17. The fourth-order valence-corrected chi connectivity index (χ4v) is 5.67. The van der Waals surface area contributed by atoms with Gasteiger partial charge in [-0.15, -0.1) is 11.3 Å². The SMILES string of the molecule is CNCCCCCCCNC(=O)C[C@@H]1N=C(c2ccc(Cl)cc2)c2c(sc(C)c2C)N(C(C)=N)C1=N. The number of thiophene rings is 1. The summed E-state index contributed by atoms with van der Waals surface area (Å²) in [5.41, 5.74) is 3.60. The van der Waals surface area contributed by atoms with Gasteiger partial charge in [-0.2, -0.15) is 0 Å². The molecular formula is C27H37ClN6OS. The van der Waals surface area contributed by atoms with Crippen LogP contribution in [0.1, 0.15) is 67.0 Å². The fourth-order valence-electron chi connectivity index (χ4n) is 4.32. The number of aryl methyl sites for hydroxylation is 1. The van der Waals surface area contributed by atoms with E-state index < -0.39 is 6.04 Å². The molecule has 0 fully saturated rings. The van der Waals surface area contributed by atoms with Crippen LogP contribution in [0.25, 0.3) is 0 Å². The van der Waals surface area contributed by atoms with Crippen molar-refractivity contribution in [2.24, 2.45) is 4.99 Å². The summed E-state index contributed by atoms with van der Waals surface area (Å²) in [6, 6.07) is 6.79. The molecule has 0 bridgehead atoms. The average molecular weight is 529 g/mol. The molecule has 4 N–H and O–H groups in total. The number of hydrogen-bond acceptors (Lipinski definition) is 6. The molecule has 0 saturated carbocycles. The summed E-state index contributed by atoms with van der Waals surface area (Å²) in [5.74, 6) is 0.257. The molecule has 2 aromatic rings. The molecule has 0 saturated heterocycles. The van der Waals surface area contributed by atoms with Crippen molar-refractivity contribution in [3.05, 3.63) is 50.9 Å². The van der Waals surface area contributed by atoms with Gasteiger partial charge in [-0.25, -0.2) is 0 Å².